The van der Waals surface area contributed by atoms with Crippen molar-refractivity contribution in [1.29, 1.82) is 0 Å². The van der Waals surface area contributed by atoms with E-state index in [2.05, 4.69) is 12.2 Å². The highest BCUT2D eigenvalue weighted by atomic mass is 32.2. The highest BCUT2D eigenvalue weighted by Gasteiger charge is 2.03. The predicted molar refractivity (Wildman–Crippen MR) is 86.6 cm³/mol. The van der Waals surface area contributed by atoms with Crippen molar-refractivity contribution in [2.24, 2.45) is 0 Å². The summed E-state index contributed by atoms with van der Waals surface area (Å²) in [7, 11) is 0. The molecule has 0 atom stereocenters. The van der Waals surface area contributed by atoms with Crippen LogP contribution in [-0.4, -0.2) is 18.3 Å². The number of carbonyl (C=O) groups is 1. The van der Waals surface area contributed by atoms with Crippen LogP contribution in [0.4, 0.5) is 4.39 Å². The van der Waals surface area contributed by atoms with E-state index >= 15 is 0 Å². The van der Waals surface area contributed by atoms with Crippen molar-refractivity contribution < 1.29 is 13.9 Å². The van der Waals surface area contributed by atoms with Gasteiger partial charge in [-0.15, -0.1) is 11.8 Å². The second-order valence-corrected chi connectivity index (χ2v) is 5.93. The topological polar surface area (TPSA) is 38.3 Å². The third-order valence-electron chi connectivity index (χ3n) is 2.91. The van der Waals surface area contributed by atoms with Gasteiger partial charge in [0.2, 0.25) is 0 Å². The van der Waals surface area contributed by atoms with Crippen LogP contribution in [0, 0.1) is 5.82 Å². The molecule has 0 bridgehead atoms. The van der Waals surface area contributed by atoms with Crippen molar-refractivity contribution in [2.75, 3.05) is 12.4 Å². The third kappa shape index (κ3) is 5.41. The summed E-state index contributed by atoms with van der Waals surface area (Å²) < 4.78 is 18.0. The van der Waals surface area contributed by atoms with Crippen LogP contribution >= 0.6 is 11.8 Å². The van der Waals surface area contributed by atoms with Gasteiger partial charge in [-0.1, -0.05) is 19.1 Å². The zero-order valence-corrected chi connectivity index (χ0v) is 13.2. The summed E-state index contributed by atoms with van der Waals surface area (Å²) in [5, 5.41) is 2.79. The Bertz CT molecular complexity index is 599. The van der Waals surface area contributed by atoms with E-state index in [1.165, 1.54) is 29.2 Å². The molecule has 5 heteroatoms. The number of carbonyl (C=O) groups excluding carboxylic acids is 1. The third-order valence-corrected chi connectivity index (χ3v) is 3.80. The molecule has 0 aliphatic heterocycles. The number of hydrogen-bond acceptors (Lipinski definition) is 3. The zero-order chi connectivity index (χ0) is 15.8. The molecule has 0 aromatic heterocycles. The Hall–Kier alpha value is -2.01. The van der Waals surface area contributed by atoms with Gasteiger partial charge in [0.05, 0.1) is 0 Å². The van der Waals surface area contributed by atoms with E-state index < -0.39 is 0 Å². The van der Waals surface area contributed by atoms with E-state index in [4.69, 9.17) is 4.74 Å². The second-order valence-electron chi connectivity index (χ2n) is 4.60. The molecule has 22 heavy (non-hydrogen) atoms. The molecule has 0 saturated heterocycles. The number of rotatable bonds is 7. The number of thioether (sulfide) groups is 1. The Kier molecular flexibility index (Phi) is 6.27. The summed E-state index contributed by atoms with van der Waals surface area (Å²) in [4.78, 5) is 12.9. The fourth-order valence-electron chi connectivity index (χ4n) is 1.80. The molecule has 2 aromatic rings. The van der Waals surface area contributed by atoms with Gasteiger partial charge in [-0.3, -0.25) is 4.79 Å². The quantitative estimate of drug-likeness (QED) is 0.792. The Labute approximate surface area is 133 Å². The van der Waals surface area contributed by atoms with E-state index in [1.54, 1.807) is 11.8 Å². The van der Waals surface area contributed by atoms with Gasteiger partial charge in [-0.05, 0) is 47.7 Å². The minimum Gasteiger partial charge on any atom is -0.484 e. The first-order valence-corrected chi connectivity index (χ1v) is 8.02. The van der Waals surface area contributed by atoms with Crippen molar-refractivity contribution in [3.8, 4) is 5.75 Å². The van der Waals surface area contributed by atoms with Gasteiger partial charge < -0.3 is 10.1 Å². The molecule has 2 rings (SSSR count). The largest absolute Gasteiger partial charge is 0.484 e. The summed E-state index contributed by atoms with van der Waals surface area (Å²) in [6, 6.07) is 13.7. The first-order valence-electron chi connectivity index (χ1n) is 7.04. The van der Waals surface area contributed by atoms with Crippen LogP contribution in [0.5, 0.6) is 5.75 Å². The minimum absolute atomic E-state index is 0.0879. The van der Waals surface area contributed by atoms with Gasteiger partial charge in [-0.25, -0.2) is 4.39 Å². The van der Waals surface area contributed by atoms with Crippen LogP contribution in [0.25, 0.3) is 0 Å². The van der Waals surface area contributed by atoms with Gasteiger partial charge >= 0.3 is 0 Å². The lowest BCUT2D eigenvalue weighted by Crippen LogP contribution is -2.28. The molecule has 0 aliphatic rings. The maximum Gasteiger partial charge on any atom is 0.258 e. The fraction of sp³-hybridized carbons (Fsp3) is 0.235. The van der Waals surface area contributed by atoms with Gasteiger partial charge in [-0.2, -0.15) is 0 Å². The first kappa shape index (κ1) is 16.4. The standard InChI is InChI=1S/C17H18FNO2S/c1-2-22-16-9-3-13(4-10-16)11-19-17(20)12-21-15-7-5-14(18)6-8-15/h3-10H,2,11-12H2,1H3,(H,19,20). The smallest absolute Gasteiger partial charge is 0.258 e. The van der Waals surface area contributed by atoms with Crippen molar-refractivity contribution in [1.82, 2.24) is 5.32 Å². The molecule has 0 spiro atoms. The molecule has 0 radical (unpaired) electrons. The zero-order valence-electron chi connectivity index (χ0n) is 12.3. The molecule has 0 fully saturated rings. The van der Waals surface area contributed by atoms with Crippen LogP contribution in [0.2, 0.25) is 0 Å². The van der Waals surface area contributed by atoms with Gasteiger partial charge in [0.15, 0.2) is 6.61 Å². The molecule has 2 aromatic carbocycles. The summed E-state index contributed by atoms with van der Waals surface area (Å²) in [6.07, 6.45) is 0. The Balaban J connectivity index is 1.74. The van der Waals surface area contributed by atoms with Crippen molar-refractivity contribution in [3.05, 3.63) is 59.9 Å². The van der Waals surface area contributed by atoms with Crippen molar-refractivity contribution >= 4 is 17.7 Å². The number of ether oxygens (including phenoxy) is 1. The van der Waals surface area contributed by atoms with Crippen molar-refractivity contribution in [3.63, 3.8) is 0 Å². The maximum absolute atomic E-state index is 12.7. The Morgan fingerprint density at radius 1 is 1.14 bits per heavy atom. The molecule has 0 unspecified atom stereocenters. The van der Waals surface area contributed by atoms with Crippen LogP contribution < -0.4 is 10.1 Å². The average Bonchev–Trinajstić information content (AvgIpc) is 2.54. The molecule has 1 N–H and O–H groups in total. The highest BCUT2D eigenvalue weighted by Crippen LogP contribution is 2.17. The highest BCUT2D eigenvalue weighted by molar-refractivity contribution is 7.99. The molecular weight excluding hydrogens is 301 g/mol. The SMILES string of the molecule is CCSc1ccc(CNC(=O)COc2ccc(F)cc2)cc1. The average molecular weight is 319 g/mol. The minimum atomic E-state index is -0.332. The summed E-state index contributed by atoms with van der Waals surface area (Å²) in [5.74, 6) is 0.965. The molecule has 1 amide bonds. The van der Waals surface area contributed by atoms with Gasteiger partial charge in [0.25, 0.3) is 5.91 Å². The van der Waals surface area contributed by atoms with Crippen LogP contribution in [0.1, 0.15) is 12.5 Å². The van der Waals surface area contributed by atoms with E-state index in [1.807, 2.05) is 24.3 Å². The van der Waals surface area contributed by atoms with Crippen molar-refractivity contribution in [2.45, 2.75) is 18.4 Å². The second kappa shape index (κ2) is 8.44. The van der Waals surface area contributed by atoms with E-state index in [9.17, 15) is 9.18 Å². The summed E-state index contributed by atoms with van der Waals surface area (Å²) in [6.45, 7) is 2.48. The predicted octanol–water partition coefficient (Wildman–Crippen LogP) is 3.63. The molecular formula is C17H18FNO2S. The number of hydrogen-bond donors (Lipinski definition) is 1. The number of benzene rings is 2. The first-order chi connectivity index (χ1) is 10.7. The monoisotopic (exact) mass is 319 g/mol. The Morgan fingerprint density at radius 2 is 1.82 bits per heavy atom. The summed E-state index contributed by atoms with van der Waals surface area (Å²) >= 11 is 1.78. The normalized spacial score (nSPS) is 10.3. The van der Waals surface area contributed by atoms with Crippen LogP contribution in [0.15, 0.2) is 53.4 Å². The lowest BCUT2D eigenvalue weighted by molar-refractivity contribution is -0.123. The molecule has 0 heterocycles. The fourth-order valence-corrected chi connectivity index (χ4v) is 2.46. The molecule has 0 saturated carbocycles. The van der Waals surface area contributed by atoms with E-state index in [0.29, 0.717) is 12.3 Å². The van der Waals surface area contributed by atoms with E-state index in [-0.39, 0.29) is 18.3 Å². The lowest BCUT2D eigenvalue weighted by Gasteiger charge is -2.08. The summed E-state index contributed by atoms with van der Waals surface area (Å²) in [5.41, 5.74) is 1.04. The number of halogens is 1. The maximum atomic E-state index is 12.7. The number of nitrogens with one attached hydrogen (secondary N) is 1. The van der Waals surface area contributed by atoms with Crippen LogP contribution in [-0.2, 0) is 11.3 Å². The molecule has 116 valence electrons. The Morgan fingerprint density at radius 3 is 2.45 bits per heavy atom. The lowest BCUT2D eigenvalue weighted by atomic mass is 10.2. The van der Waals surface area contributed by atoms with Crippen LogP contribution in [0.3, 0.4) is 0 Å². The molecule has 0 aliphatic carbocycles. The number of amides is 1. The van der Waals surface area contributed by atoms with Gasteiger partial charge in [0.1, 0.15) is 11.6 Å². The molecule has 3 nitrogen and oxygen atoms in total. The van der Waals surface area contributed by atoms with E-state index in [0.717, 1.165) is 11.3 Å². The van der Waals surface area contributed by atoms with Gasteiger partial charge in [0, 0.05) is 11.4 Å².